The van der Waals surface area contributed by atoms with E-state index in [1.165, 1.54) is 5.56 Å². The quantitative estimate of drug-likeness (QED) is 0.268. The Bertz CT molecular complexity index is 1100. The molecule has 34 heavy (non-hydrogen) atoms. The minimum atomic E-state index is 0. The smallest absolute Gasteiger partial charge is 0.191 e. The van der Waals surface area contributed by atoms with Gasteiger partial charge in [-0.15, -0.1) is 24.0 Å². The summed E-state index contributed by atoms with van der Waals surface area (Å²) < 4.78 is 2.00. The molecule has 3 heterocycles. The van der Waals surface area contributed by atoms with Crippen molar-refractivity contribution in [2.24, 2.45) is 4.99 Å². The molecule has 1 aliphatic rings. The van der Waals surface area contributed by atoms with Gasteiger partial charge in [0, 0.05) is 58.2 Å². The van der Waals surface area contributed by atoms with Crippen molar-refractivity contribution in [2.45, 2.75) is 26.9 Å². The van der Waals surface area contributed by atoms with Gasteiger partial charge in [-0.05, 0) is 56.3 Å². The lowest BCUT2D eigenvalue weighted by Gasteiger charge is -2.33. The molecule has 2 aromatic heterocycles. The summed E-state index contributed by atoms with van der Waals surface area (Å²) in [6, 6.07) is 14.6. The first kappa shape index (κ1) is 26.0. The first-order valence-electron chi connectivity index (χ1n) is 11.5. The molecule has 0 spiro atoms. The number of aliphatic imine (C=N–C) groups is 1. The summed E-state index contributed by atoms with van der Waals surface area (Å²) >= 11 is 0. The van der Waals surface area contributed by atoms with Gasteiger partial charge in [-0.1, -0.05) is 18.2 Å². The standard InChI is InChI=1S/C25H34N8.HI/c1-19-15-20(2)33(30-19)23-8-6-5-7-22(23)18-29-25(26-3)28-17-21-9-10-27-24(16-21)32-13-11-31(4)12-14-32;/h5-10,15-16H,11-14,17-18H2,1-4H3,(H2,26,28,29);1H. The van der Waals surface area contributed by atoms with Crippen LogP contribution in [-0.2, 0) is 13.1 Å². The summed E-state index contributed by atoms with van der Waals surface area (Å²) in [6.45, 7) is 9.59. The van der Waals surface area contributed by atoms with Crippen LogP contribution in [0.1, 0.15) is 22.5 Å². The Balaban J connectivity index is 0.00000324. The number of anilines is 1. The molecule has 3 aromatic rings. The van der Waals surface area contributed by atoms with E-state index in [0.29, 0.717) is 13.1 Å². The number of guanidine groups is 1. The van der Waals surface area contributed by atoms with Crippen LogP contribution in [0, 0.1) is 13.8 Å². The SMILES string of the molecule is CN=C(NCc1ccnc(N2CCN(C)CC2)c1)NCc1ccccc1-n1nc(C)cc1C.I. The normalized spacial score (nSPS) is 14.6. The lowest BCUT2D eigenvalue weighted by molar-refractivity contribution is 0.312. The number of halogens is 1. The number of likely N-dealkylation sites (N-methyl/N-ethyl adjacent to an activating group) is 1. The number of nitrogens with zero attached hydrogens (tertiary/aromatic N) is 6. The number of rotatable bonds is 6. The first-order chi connectivity index (χ1) is 16.0. The third-order valence-electron chi connectivity index (χ3n) is 6.00. The van der Waals surface area contributed by atoms with Gasteiger partial charge in [-0.3, -0.25) is 4.99 Å². The maximum atomic E-state index is 4.65. The Kier molecular flexibility index (Phi) is 9.28. The number of nitrogens with one attached hydrogen (secondary N) is 2. The predicted molar refractivity (Wildman–Crippen MR) is 149 cm³/mol. The molecule has 1 fully saturated rings. The Morgan fingerprint density at radius 1 is 1.00 bits per heavy atom. The monoisotopic (exact) mass is 574 g/mol. The molecule has 1 saturated heterocycles. The van der Waals surface area contributed by atoms with Crippen molar-refractivity contribution in [3.05, 3.63) is 71.2 Å². The van der Waals surface area contributed by atoms with Gasteiger partial charge in [0.2, 0.25) is 0 Å². The molecular weight excluding hydrogens is 539 g/mol. The molecule has 4 rings (SSSR count). The molecular formula is C25H35IN8. The van der Waals surface area contributed by atoms with Crippen LogP contribution in [0.15, 0.2) is 53.7 Å². The Morgan fingerprint density at radius 2 is 1.74 bits per heavy atom. The van der Waals surface area contributed by atoms with Crippen molar-refractivity contribution in [3.8, 4) is 5.69 Å². The summed E-state index contributed by atoms with van der Waals surface area (Å²) in [5.41, 5.74) is 5.56. The fourth-order valence-corrected chi connectivity index (χ4v) is 4.10. The Hall–Kier alpha value is -2.66. The van der Waals surface area contributed by atoms with E-state index in [2.05, 4.69) is 85.9 Å². The van der Waals surface area contributed by atoms with Gasteiger partial charge in [0.25, 0.3) is 0 Å². The fraction of sp³-hybridized carbons (Fsp3) is 0.400. The number of piperazine rings is 1. The molecule has 8 nitrogen and oxygen atoms in total. The highest BCUT2D eigenvalue weighted by Gasteiger charge is 2.15. The van der Waals surface area contributed by atoms with Gasteiger partial charge in [0.15, 0.2) is 5.96 Å². The third-order valence-corrected chi connectivity index (χ3v) is 6.00. The van der Waals surface area contributed by atoms with Crippen molar-refractivity contribution >= 4 is 35.8 Å². The molecule has 2 N–H and O–H groups in total. The third kappa shape index (κ3) is 6.47. The highest BCUT2D eigenvalue weighted by atomic mass is 127. The maximum absolute atomic E-state index is 4.65. The summed E-state index contributed by atoms with van der Waals surface area (Å²) in [5.74, 6) is 1.81. The van der Waals surface area contributed by atoms with Crippen LogP contribution >= 0.6 is 24.0 Å². The Labute approximate surface area is 219 Å². The molecule has 182 valence electrons. The van der Waals surface area contributed by atoms with Crippen LogP contribution in [-0.4, -0.2) is 65.9 Å². The van der Waals surface area contributed by atoms with E-state index in [1.807, 2.05) is 23.9 Å². The van der Waals surface area contributed by atoms with Crippen molar-refractivity contribution in [3.63, 3.8) is 0 Å². The van der Waals surface area contributed by atoms with E-state index in [0.717, 1.165) is 60.6 Å². The highest BCUT2D eigenvalue weighted by Crippen LogP contribution is 2.17. The van der Waals surface area contributed by atoms with Crippen LogP contribution in [0.4, 0.5) is 5.82 Å². The number of hydrogen-bond donors (Lipinski definition) is 2. The van der Waals surface area contributed by atoms with Crippen LogP contribution in [0.2, 0.25) is 0 Å². The zero-order valence-corrected chi connectivity index (χ0v) is 22.8. The lowest BCUT2D eigenvalue weighted by Crippen LogP contribution is -2.44. The van der Waals surface area contributed by atoms with Crippen molar-refractivity contribution in [2.75, 3.05) is 45.2 Å². The topological polar surface area (TPSA) is 73.6 Å². The van der Waals surface area contributed by atoms with E-state index in [9.17, 15) is 0 Å². The predicted octanol–water partition coefficient (Wildman–Crippen LogP) is 3.12. The van der Waals surface area contributed by atoms with E-state index >= 15 is 0 Å². The molecule has 9 heteroatoms. The zero-order valence-electron chi connectivity index (χ0n) is 20.5. The van der Waals surface area contributed by atoms with Gasteiger partial charge < -0.3 is 20.4 Å². The molecule has 1 aliphatic heterocycles. The van der Waals surface area contributed by atoms with Crippen molar-refractivity contribution in [1.82, 2.24) is 30.3 Å². The van der Waals surface area contributed by atoms with Gasteiger partial charge in [-0.2, -0.15) is 5.10 Å². The molecule has 0 bridgehead atoms. The summed E-state index contributed by atoms with van der Waals surface area (Å²) in [7, 11) is 3.96. The summed E-state index contributed by atoms with van der Waals surface area (Å²) in [6.07, 6.45) is 1.89. The lowest BCUT2D eigenvalue weighted by atomic mass is 10.1. The van der Waals surface area contributed by atoms with Crippen LogP contribution in [0.25, 0.3) is 5.69 Å². The first-order valence-corrected chi connectivity index (χ1v) is 11.5. The van der Waals surface area contributed by atoms with Gasteiger partial charge in [0.05, 0.1) is 11.4 Å². The minimum Gasteiger partial charge on any atom is -0.354 e. The molecule has 1 aromatic carbocycles. The fourth-order valence-electron chi connectivity index (χ4n) is 4.10. The number of hydrogen-bond acceptors (Lipinski definition) is 5. The van der Waals surface area contributed by atoms with Crippen LogP contribution < -0.4 is 15.5 Å². The highest BCUT2D eigenvalue weighted by molar-refractivity contribution is 14.0. The summed E-state index contributed by atoms with van der Waals surface area (Å²) in [5, 5.41) is 11.5. The zero-order chi connectivity index (χ0) is 23.2. The van der Waals surface area contributed by atoms with Crippen LogP contribution in [0.3, 0.4) is 0 Å². The van der Waals surface area contributed by atoms with Crippen LogP contribution in [0.5, 0.6) is 0 Å². The number of para-hydroxylation sites is 1. The van der Waals surface area contributed by atoms with Gasteiger partial charge >= 0.3 is 0 Å². The largest absolute Gasteiger partial charge is 0.354 e. The molecule has 0 atom stereocenters. The second kappa shape index (κ2) is 12.2. The molecule has 0 aliphatic carbocycles. The number of aryl methyl sites for hydroxylation is 2. The molecule has 0 unspecified atom stereocenters. The van der Waals surface area contributed by atoms with E-state index in [4.69, 9.17) is 0 Å². The average Bonchev–Trinajstić information content (AvgIpc) is 3.17. The average molecular weight is 575 g/mol. The van der Waals surface area contributed by atoms with E-state index in [-0.39, 0.29) is 24.0 Å². The minimum absolute atomic E-state index is 0. The molecule has 0 saturated carbocycles. The maximum Gasteiger partial charge on any atom is 0.191 e. The second-order valence-electron chi connectivity index (χ2n) is 8.56. The van der Waals surface area contributed by atoms with Crippen molar-refractivity contribution < 1.29 is 0 Å². The van der Waals surface area contributed by atoms with Crippen molar-refractivity contribution in [1.29, 1.82) is 0 Å². The number of benzene rings is 1. The number of pyridine rings is 1. The summed E-state index contributed by atoms with van der Waals surface area (Å²) in [4.78, 5) is 13.7. The van der Waals surface area contributed by atoms with E-state index < -0.39 is 0 Å². The number of aromatic nitrogens is 3. The molecule has 0 amide bonds. The Morgan fingerprint density at radius 3 is 2.44 bits per heavy atom. The molecule has 0 radical (unpaired) electrons. The van der Waals surface area contributed by atoms with Gasteiger partial charge in [0.1, 0.15) is 5.82 Å². The van der Waals surface area contributed by atoms with Gasteiger partial charge in [-0.25, -0.2) is 9.67 Å². The van der Waals surface area contributed by atoms with E-state index in [1.54, 1.807) is 7.05 Å². The second-order valence-corrected chi connectivity index (χ2v) is 8.56.